The first kappa shape index (κ1) is 12.1. The summed E-state index contributed by atoms with van der Waals surface area (Å²) in [7, 11) is 1.18. The van der Waals surface area contributed by atoms with E-state index in [4.69, 9.17) is 0 Å². The summed E-state index contributed by atoms with van der Waals surface area (Å²) in [5.41, 5.74) is 0. The summed E-state index contributed by atoms with van der Waals surface area (Å²) >= 11 is 0. The number of carbonyl (C=O) groups excluding carboxylic acids is 2. The molecule has 0 N–H and O–H groups in total. The van der Waals surface area contributed by atoms with Crippen LogP contribution in [0.1, 0.15) is 26.2 Å². The summed E-state index contributed by atoms with van der Waals surface area (Å²) in [6.45, 7) is 1.39. The number of carbonyl (C=O) groups is 2. The van der Waals surface area contributed by atoms with Crippen LogP contribution in [0, 0.1) is 11.8 Å². The van der Waals surface area contributed by atoms with Gasteiger partial charge in [0.15, 0.2) is 0 Å². The molecule has 0 aromatic heterocycles. The van der Waals surface area contributed by atoms with Gasteiger partial charge in [0.2, 0.25) is 5.92 Å². The molecule has 0 aliphatic heterocycles. The third-order valence-corrected chi connectivity index (χ3v) is 2.79. The quantitative estimate of drug-likeness (QED) is 0.538. The van der Waals surface area contributed by atoms with Gasteiger partial charge in [-0.15, -0.1) is 0 Å². The van der Waals surface area contributed by atoms with E-state index >= 15 is 0 Å². The fourth-order valence-corrected chi connectivity index (χ4v) is 1.84. The summed E-state index contributed by atoms with van der Waals surface area (Å²) in [6, 6.07) is 0. The van der Waals surface area contributed by atoms with Crippen LogP contribution < -0.4 is 0 Å². The molecule has 2 atom stereocenters. The van der Waals surface area contributed by atoms with E-state index in [-0.39, 0.29) is 12.8 Å². The van der Waals surface area contributed by atoms with E-state index < -0.39 is 35.9 Å². The number of esters is 1. The molecule has 0 aromatic rings. The number of alkyl halides is 2. The van der Waals surface area contributed by atoms with Crippen molar-refractivity contribution in [3.8, 4) is 0 Å². The molecule has 15 heavy (non-hydrogen) atoms. The Bertz CT molecular complexity index is 276. The SMILES string of the molecule is COC(=O)C(C)C(=O)C1CCC(F)(F)C1. The Morgan fingerprint density at radius 3 is 2.47 bits per heavy atom. The minimum Gasteiger partial charge on any atom is -0.468 e. The molecule has 0 saturated heterocycles. The van der Waals surface area contributed by atoms with Crippen LogP contribution in [-0.2, 0) is 14.3 Å². The number of rotatable bonds is 3. The molecule has 1 aliphatic rings. The van der Waals surface area contributed by atoms with Crippen LogP contribution >= 0.6 is 0 Å². The lowest BCUT2D eigenvalue weighted by molar-refractivity contribution is -0.150. The van der Waals surface area contributed by atoms with E-state index in [1.165, 1.54) is 14.0 Å². The van der Waals surface area contributed by atoms with Gasteiger partial charge in [0.25, 0.3) is 0 Å². The summed E-state index contributed by atoms with van der Waals surface area (Å²) in [6.07, 6.45) is -0.544. The van der Waals surface area contributed by atoms with Gasteiger partial charge in [0, 0.05) is 18.8 Å². The molecule has 0 aromatic carbocycles. The lowest BCUT2D eigenvalue weighted by Crippen LogP contribution is -2.28. The van der Waals surface area contributed by atoms with Crippen molar-refractivity contribution in [3.05, 3.63) is 0 Å². The first-order chi connectivity index (χ1) is 6.87. The minimum absolute atomic E-state index is 0.160. The average molecular weight is 220 g/mol. The maximum absolute atomic E-state index is 12.8. The molecule has 1 rings (SSSR count). The zero-order chi connectivity index (χ0) is 11.6. The van der Waals surface area contributed by atoms with Crippen molar-refractivity contribution in [2.24, 2.45) is 11.8 Å². The molecule has 0 spiro atoms. The van der Waals surface area contributed by atoms with Gasteiger partial charge in [-0.2, -0.15) is 0 Å². The van der Waals surface area contributed by atoms with Gasteiger partial charge in [0.05, 0.1) is 7.11 Å². The van der Waals surface area contributed by atoms with Crippen molar-refractivity contribution >= 4 is 11.8 Å². The van der Waals surface area contributed by atoms with Crippen molar-refractivity contribution < 1.29 is 23.1 Å². The fourth-order valence-electron chi connectivity index (χ4n) is 1.84. The highest BCUT2D eigenvalue weighted by Crippen LogP contribution is 2.40. The topological polar surface area (TPSA) is 43.4 Å². The average Bonchev–Trinajstić information content (AvgIpc) is 2.55. The van der Waals surface area contributed by atoms with Gasteiger partial charge >= 0.3 is 5.97 Å². The second-order valence-electron chi connectivity index (χ2n) is 3.94. The largest absolute Gasteiger partial charge is 0.468 e. The number of hydrogen-bond acceptors (Lipinski definition) is 3. The van der Waals surface area contributed by atoms with E-state index in [9.17, 15) is 18.4 Å². The van der Waals surface area contributed by atoms with Gasteiger partial charge in [0.1, 0.15) is 11.7 Å². The highest BCUT2D eigenvalue weighted by molar-refractivity contribution is 5.99. The van der Waals surface area contributed by atoms with Crippen molar-refractivity contribution in [3.63, 3.8) is 0 Å². The molecular weight excluding hydrogens is 206 g/mol. The maximum atomic E-state index is 12.8. The van der Waals surface area contributed by atoms with Crippen molar-refractivity contribution in [1.29, 1.82) is 0 Å². The standard InChI is InChI=1S/C10H14F2O3/c1-6(9(14)15-2)8(13)7-3-4-10(11,12)5-7/h6-7H,3-5H2,1-2H3. The van der Waals surface area contributed by atoms with Gasteiger partial charge in [-0.1, -0.05) is 0 Å². The third kappa shape index (κ3) is 2.73. The van der Waals surface area contributed by atoms with E-state index in [1.807, 2.05) is 0 Å². The van der Waals surface area contributed by atoms with Crippen molar-refractivity contribution in [1.82, 2.24) is 0 Å². The van der Waals surface area contributed by atoms with Gasteiger partial charge < -0.3 is 4.74 Å². The second-order valence-corrected chi connectivity index (χ2v) is 3.94. The fraction of sp³-hybridized carbons (Fsp3) is 0.800. The number of Topliss-reactive ketones (excluding diaryl/α,β-unsaturated/α-hetero) is 1. The van der Waals surface area contributed by atoms with E-state index in [2.05, 4.69) is 4.74 Å². The zero-order valence-electron chi connectivity index (χ0n) is 8.76. The summed E-state index contributed by atoms with van der Waals surface area (Å²) in [4.78, 5) is 22.6. The van der Waals surface area contributed by atoms with Crippen LogP contribution in [0.4, 0.5) is 8.78 Å². The van der Waals surface area contributed by atoms with Gasteiger partial charge in [-0.3, -0.25) is 9.59 Å². The minimum atomic E-state index is -2.75. The first-order valence-corrected chi connectivity index (χ1v) is 4.87. The molecule has 1 aliphatic carbocycles. The summed E-state index contributed by atoms with van der Waals surface area (Å²) < 4.78 is 30.1. The van der Waals surface area contributed by atoms with Crippen LogP contribution in [0.15, 0.2) is 0 Å². The number of methoxy groups -OCH3 is 1. The van der Waals surface area contributed by atoms with Gasteiger partial charge in [-0.05, 0) is 13.3 Å². The van der Waals surface area contributed by atoms with Crippen LogP contribution in [-0.4, -0.2) is 24.8 Å². The molecular formula is C10H14F2O3. The van der Waals surface area contributed by atoms with Crippen LogP contribution in [0.2, 0.25) is 0 Å². The van der Waals surface area contributed by atoms with Crippen LogP contribution in [0.5, 0.6) is 0 Å². The highest BCUT2D eigenvalue weighted by Gasteiger charge is 2.44. The lowest BCUT2D eigenvalue weighted by Gasteiger charge is -2.13. The van der Waals surface area contributed by atoms with E-state index in [1.54, 1.807) is 0 Å². The van der Waals surface area contributed by atoms with E-state index in [0.717, 1.165) is 0 Å². The Morgan fingerprint density at radius 1 is 1.47 bits per heavy atom. The molecule has 86 valence electrons. The smallest absolute Gasteiger partial charge is 0.315 e. The third-order valence-electron chi connectivity index (χ3n) is 2.79. The van der Waals surface area contributed by atoms with Crippen molar-refractivity contribution in [2.75, 3.05) is 7.11 Å². The molecule has 5 heteroatoms. The summed E-state index contributed by atoms with van der Waals surface area (Å²) in [5.74, 6) is -5.48. The number of ketones is 1. The Kier molecular flexibility index (Phi) is 3.42. The molecule has 0 bridgehead atoms. The van der Waals surface area contributed by atoms with Crippen LogP contribution in [0.25, 0.3) is 0 Å². The predicted molar refractivity (Wildman–Crippen MR) is 48.5 cm³/mol. The van der Waals surface area contributed by atoms with Gasteiger partial charge in [-0.25, -0.2) is 8.78 Å². The normalized spacial score (nSPS) is 26.0. The van der Waals surface area contributed by atoms with Crippen LogP contribution in [0.3, 0.4) is 0 Å². The molecule has 2 unspecified atom stereocenters. The number of halogens is 2. The first-order valence-electron chi connectivity index (χ1n) is 4.87. The predicted octanol–water partition coefficient (Wildman–Crippen LogP) is 1.80. The zero-order valence-corrected chi connectivity index (χ0v) is 8.76. The molecule has 0 amide bonds. The van der Waals surface area contributed by atoms with Crippen molar-refractivity contribution in [2.45, 2.75) is 32.1 Å². The Hall–Kier alpha value is -1.00. The Balaban J connectivity index is 2.59. The van der Waals surface area contributed by atoms with E-state index in [0.29, 0.717) is 0 Å². The Labute approximate surface area is 86.8 Å². The molecule has 0 radical (unpaired) electrons. The summed E-state index contributed by atoms with van der Waals surface area (Å²) in [5, 5.41) is 0. The molecule has 3 nitrogen and oxygen atoms in total. The Morgan fingerprint density at radius 2 is 2.07 bits per heavy atom. The molecule has 1 fully saturated rings. The highest BCUT2D eigenvalue weighted by atomic mass is 19.3. The second kappa shape index (κ2) is 4.24. The lowest BCUT2D eigenvalue weighted by atomic mass is 9.93. The monoisotopic (exact) mass is 220 g/mol. The number of ether oxygens (including phenoxy) is 1. The maximum Gasteiger partial charge on any atom is 0.315 e. The number of hydrogen-bond donors (Lipinski definition) is 0. The molecule has 0 heterocycles. The molecule has 1 saturated carbocycles.